The quantitative estimate of drug-likeness (QED) is 0.774. The molecule has 9 heteroatoms. The van der Waals surface area contributed by atoms with Crippen LogP contribution < -0.4 is 15.0 Å². The van der Waals surface area contributed by atoms with Gasteiger partial charge in [0.05, 0.1) is 12.2 Å². The standard InChI is InChI=1S/C21H23F3N4O2/c1-13-10-17(19(29)26-15-6-7-15)27-20(25-13)28-9-8-14(11-28)12-30-18-5-3-2-4-16(18)21(22,23)24/h2-5,10,14-15H,6-9,11-12H2,1H3,(H,26,29). The summed E-state index contributed by atoms with van der Waals surface area (Å²) in [6, 6.07) is 7.13. The van der Waals surface area contributed by atoms with Crippen LogP contribution in [0.1, 0.15) is 41.0 Å². The predicted octanol–water partition coefficient (Wildman–Crippen LogP) is 3.60. The second kappa shape index (κ2) is 8.12. The van der Waals surface area contributed by atoms with E-state index in [1.807, 2.05) is 11.8 Å². The Morgan fingerprint density at radius 2 is 2.00 bits per heavy atom. The lowest BCUT2D eigenvalue weighted by atomic mass is 10.1. The molecule has 0 radical (unpaired) electrons. The zero-order valence-electron chi connectivity index (χ0n) is 16.6. The first kappa shape index (κ1) is 20.4. The SMILES string of the molecule is Cc1cc(C(=O)NC2CC2)nc(N2CCC(COc3ccccc3C(F)(F)F)C2)n1. The lowest BCUT2D eigenvalue weighted by molar-refractivity contribution is -0.139. The minimum atomic E-state index is -4.45. The van der Waals surface area contributed by atoms with Gasteiger partial charge < -0.3 is 15.0 Å². The number of benzene rings is 1. The van der Waals surface area contributed by atoms with Gasteiger partial charge in [-0.1, -0.05) is 12.1 Å². The summed E-state index contributed by atoms with van der Waals surface area (Å²) < 4.78 is 44.9. The highest BCUT2D eigenvalue weighted by atomic mass is 19.4. The fraction of sp³-hybridized carbons (Fsp3) is 0.476. The summed E-state index contributed by atoms with van der Waals surface area (Å²) in [4.78, 5) is 23.1. The molecule has 1 N–H and O–H groups in total. The number of aryl methyl sites for hydroxylation is 1. The fourth-order valence-corrected chi connectivity index (χ4v) is 3.48. The van der Waals surface area contributed by atoms with Crippen molar-refractivity contribution in [2.45, 2.75) is 38.4 Å². The van der Waals surface area contributed by atoms with Gasteiger partial charge in [-0.15, -0.1) is 0 Å². The number of ether oxygens (including phenoxy) is 1. The molecule has 1 amide bonds. The van der Waals surface area contributed by atoms with Crippen molar-refractivity contribution in [1.29, 1.82) is 0 Å². The number of carbonyl (C=O) groups excluding carboxylic acids is 1. The van der Waals surface area contributed by atoms with Gasteiger partial charge in [0.15, 0.2) is 0 Å². The van der Waals surface area contributed by atoms with E-state index in [1.165, 1.54) is 18.2 Å². The highest BCUT2D eigenvalue weighted by molar-refractivity contribution is 5.93. The Balaban J connectivity index is 1.39. The second-order valence-electron chi connectivity index (χ2n) is 7.85. The van der Waals surface area contributed by atoms with Crippen LogP contribution in [0.3, 0.4) is 0 Å². The van der Waals surface area contributed by atoms with Gasteiger partial charge in [-0.3, -0.25) is 4.79 Å². The monoisotopic (exact) mass is 420 g/mol. The third kappa shape index (κ3) is 4.83. The van der Waals surface area contributed by atoms with E-state index < -0.39 is 11.7 Å². The van der Waals surface area contributed by atoms with Gasteiger partial charge in [-0.05, 0) is 44.4 Å². The van der Waals surface area contributed by atoms with E-state index >= 15 is 0 Å². The fourth-order valence-electron chi connectivity index (χ4n) is 3.48. The number of aromatic nitrogens is 2. The van der Waals surface area contributed by atoms with Crippen LogP contribution in [0.4, 0.5) is 19.1 Å². The highest BCUT2D eigenvalue weighted by Gasteiger charge is 2.34. The number of nitrogens with zero attached hydrogens (tertiary/aromatic N) is 3. The van der Waals surface area contributed by atoms with Crippen LogP contribution >= 0.6 is 0 Å². The molecule has 1 aliphatic heterocycles. The maximum absolute atomic E-state index is 13.1. The molecule has 2 fully saturated rings. The van der Waals surface area contributed by atoms with Gasteiger partial charge in [0, 0.05) is 30.7 Å². The lowest BCUT2D eigenvalue weighted by Crippen LogP contribution is -2.29. The van der Waals surface area contributed by atoms with Gasteiger partial charge in [0.25, 0.3) is 5.91 Å². The molecule has 1 saturated carbocycles. The van der Waals surface area contributed by atoms with Gasteiger partial charge in [0.1, 0.15) is 11.4 Å². The molecular formula is C21H23F3N4O2. The second-order valence-corrected chi connectivity index (χ2v) is 7.85. The molecule has 2 aliphatic rings. The van der Waals surface area contributed by atoms with E-state index in [4.69, 9.17) is 4.74 Å². The molecule has 4 rings (SSSR count). The van der Waals surface area contributed by atoms with Crippen LogP contribution in [0.2, 0.25) is 0 Å². The number of amides is 1. The van der Waals surface area contributed by atoms with Gasteiger partial charge in [0.2, 0.25) is 5.95 Å². The molecule has 0 spiro atoms. The Hall–Kier alpha value is -2.84. The molecule has 2 heterocycles. The van der Waals surface area contributed by atoms with Crippen LogP contribution in [0, 0.1) is 12.8 Å². The van der Waals surface area contributed by atoms with Crippen LogP contribution in [0.25, 0.3) is 0 Å². The van der Waals surface area contributed by atoms with Crippen molar-refractivity contribution in [3.8, 4) is 5.75 Å². The average molecular weight is 420 g/mol. The van der Waals surface area contributed by atoms with Crippen LogP contribution in [-0.4, -0.2) is 41.6 Å². The van der Waals surface area contributed by atoms with Crippen molar-refractivity contribution in [2.75, 3.05) is 24.6 Å². The number of anilines is 1. The summed E-state index contributed by atoms with van der Waals surface area (Å²) in [5.74, 6) is 0.148. The Morgan fingerprint density at radius 3 is 2.73 bits per heavy atom. The lowest BCUT2D eigenvalue weighted by Gasteiger charge is -2.19. The summed E-state index contributed by atoms with van der Waals surface area (Å²) in [6.07, 6.45) is -1.72. The van der Waals surface area contributed by atoms with E-state index in [1.54, 1.807) is 6.07 Å². The third-order valence-corrected chi connectivity index (χ3v) is 5.22. The Bertz CT molecular complexity index is 931. The number of para-hydroxylation sites is 1. The van der Waals surface area contributed by atoms with E-state index in [2.05, 4.69) is 15.3 Å². The van der Waals surface area contributed by atoms with E-state index in [9.17, 15) is 18.0 Å². The maximum Gasteiger partial charge on any atom is 0.419 e. The van der Waals surface area contributed by atoms with Crippen LogP contribution in [0.15, 0.2) is 30.3 Å². The van der Waals surface area contributed by atoms with Gasteiger partial charge in [-0.25, -0.2) is 9.97 Å². The maximum atomic E-state index is 13.1. The molecule has 160 valence electrons. The van der Waals surface area contributed by atoms with Crippen molar-refractivity contribution >= 4 is 11.9 Å². The summed E-state index contributed by atoms with van der Waals surface area (Å²) >= 11 is 0. The van der Waals surface area contributed by atoms with E-state index in [0.29, 0.717) is 30.4 Å². The largest absolute Gasteiger partial charge is 0.493 e. The molecule has 6 nitrogen and oxygen atoms in total. The predicted molar refractivity (Wildman–Crippen MR) is 105 cm³/mol. The molecule has 0 bridgehead atoms. The first-order chi connectivity index (χ1) is 14.3. The zero-order chi connectivity index (χ0) is 21.3. The normalized spacial score (nSPS) is 19.1. The van der Waals surface area contributed by atoms with Crippen LogP contribution in [-0.2, 0) is 6.18 Å². The number of rotatable bonds is 6. The molecule has 1 atom stereocenters. The van der Waals surface area contributed by atoms with Crippen molar-refractivity contribution in [3.05, 3.63) is 47.3 Å². The van der Waals surface area contributed by atoms with Crippen LogP contribution in [0.5, 0.6) is 5.75 Å². The first-order valence-corrected chi connectivity index (χ1v) is 10.00. The molecule has 1 aromatic heterocycles. The number of halogens is 3. The molecule has 1 unspecified atom stereocenters. The molecule has 30 heavy (non-hydrogen) atoms. The first-order valence-electron chi connectivity index (χ1n) is 10.00. The number of hydrogen-bond donors (Lipinski definition) is 1. The third-order valence-electron chi connectivity index (χ3n) is 5.22. The zero-order valence-corrected chi connectivity index (χ0v) is 16.6. The van der Waals surface area contributed by atoms with Crippen molar-refractivity contribution in [1.82, 2.24) is 15.3 Å². The Morgan fingerprint density at radius 1 is 1.23 bits per heavy atom. The Kier molecular flexibility index (Phi) is 5.53. The molecule has 1 aromatic carbocycles. The van der Waals surface area contributed by atoms with E-state index in [0.717, 1.165) is 25.3 Å². The van der Waals surface area contributed by atoms with Crippen molar-refractivity contribution in [3.63, 3.8) is 0 Å². The number of nitrogens with one attached hydrogen (secondary N) is 1. The number of alkyl halides is 3. The van der Waals surface area contributed by atoms with Gasteiger partial charge in [-0.2, -0.15) is 13.2 Å². The summed E-state index contributed by atoms with van der Waals surface area (Å²) in [6.45, 7) is 3.19. The average Bonchev–Trinajstić information content (AvgIpc) is 3.38. The number of hydrogen-bond acceptors (Lipinski definition) is 5. The van der Waals surface area contributed by atoms with Crippen molar-refractivity contribution in [2.24, 2.45) is 5.92 Å². The summed E-state index contributed by atoms with van der Waals surface area (Å²) in [7, 11) is 0. The Labute approximate surface area is 172 Å². The minimum Gasteiger partial charge on any atom is -0.493 e. The van der Waals surface area contributed by atoms with E-state index in [-0.39, 0.29) is 30.2 Å². The molecular weight excluding hydrogens is 397 g/mol. The topological polar surface area (TPSA) is 67.4 Å². The number of carbonyl (C=O) groups is 1. The van der Waals surface area contributed by atoms with Gasteiger partial charge >= 0.3 is 6.18 Å². The minimum absolute atomic E-state index is 0.0409. The van der Waals surface area contributed by atoms with Crippen molar-refractivity contribution < 1.29 is 22.7 Å². The highest BCUT2D eigenvalue weighted by Crippen LogP contribution is 2.36. The smallest absolute Gasteiger partial charge is 0.419 e. The summed E-state index contributed by atoms with van der Waals surface area (Å²) in [5, 5.41) is 2.92. The summed E-state index contributed by atoms with van der Waals surface area (Å²) in [5.41, 5.74) is 0.260. The molecule has 1 aliphatic carbocycles. The molecule has 2 aromatic rings. The molecule has 1 saturated heterocycles.